The molecule has 5 aliphatic rings. The summed E-state index contributed by atoms with van der Waals surface area (Å²) in [5.41, 5.74) is 11.0. The lowest BCUT2D eigenvalue weighted by atomic mass is 9.72. The molecule has 5 saturated heterocycles. The minimum atomic E-state index is -0.453. The van der Waals surface area contributed by atoms with Gasteiger partial charge in [0.15, 0.2) is 0 Å². The number of urea groups is 2. The van der Waals surface area contributed by atoms with Crippen LogP contribution in [0.1, 0.15) is 61.8 Å². The topological polar surface area (TPSA) is 168 Å². The van der Waals surface area contributed by atoms with Gasteiger partial charge in [-0.25, -0.2) is 14.6 Å². The summed E-state index contributed by atoms with van der Waals surface area (Å²) in [4.78, 5) is 59.2. The van der Waals surface area contributed by atoms with Gasteiger partial charge in [-0.05, 0) is 93.1 Å². The van der Waals surface area contributed by atoms with E-state index in [4.69, 9.17) is 44.1 Å². The molecular weight excluding hydrogens is 853 g/mol. The van der Waals surface area contributed by atoms with E-state index in [0.29, 0.717) is 57.1 Å². The van der Waals surface area contributed by atoms with Crippen LogP contribution in [0.4, 0.5) is 32.5 Å². The lowest BCUT2D eigenvalue weighted by Crippen LogP contribution is -2.62. The average molecular weight is 909 g/mol. The van der Waals surface area contributed by atoms with E-state index in [9.17, 15) is 14.4 Å². The minimum Gasteiger partial charge on any atom is -0.486 e. The molecule has 5 amide bonds. The number of piperidine rings is 2. The van der Waals surface area contributed by atoms with Gasteiger partial charge in [0.1, 0.15) is 17.7 Å². The molecule has 0 unspecified atom stereocenters. The van der Waals surface area contributed by atoms with Crippen LogP contribution in [0.3, 0.4) is 0 Å². The molecule has 336 valence electrons. The molecule has 5 fully saturated rings. The Morgan fingerprint density at radius 3 is 2.19 bits per heavy atom. The van der Waals surface area contributed by atoms with Gasteiger partial charge in [-0.1, -0.05) is 23.2 Å². The molecule has 17 heteroatoms. The summed E-state index contributed by atoms with van der Waals surface area (Å²) in [6.45, 7) is 12.2. The monoisotopic (exact) mass is 907 g/mol. The van der Waals surface area contributed by atoms with Crippen LogP contribution >= 0.6 is 23.2 Å². The van der Waals surface area contributed by atoms with Crippen LogP contribution in [0.15, 0.2) is 73.2 Å². The molecular formula is C47H55Cl2N11O4. The second kappa shape index (κ2) is 18.5. The van der Waals surface area contributed by atoms with Crippen molar-refractivity contribution in [3.05, 3.63) is 99.9 Å². The van der Waals surface area contributed by atoms with E-state index < -0.39 is 6.10 Å². The number of hydrogen-bond acceptors (Lipinski definition) is 11. The first kappa shape index (κ1) is 43.6. The number of carbonyl (C=O) groups is 3. The number of rotatable bonds is 10. The first-order valence-electron chi connectivity index (χ1n) is 22.3. The number of nitrogen functional groups attached to an aromatic ring is 1. The molecule has 0 aliphatic carbocycles. The van der Waals surface area contributed by atoms with E-state index in [1.165, 1.54) is 12.4 Å². The number of pyridine rings is 2. The van der Waals surface area contributed by atoms with Crippen LogP contribution in [0.25, 0.3) is 0 Å². The van der Waals surface area contributed by atoms with Gasteiger partial charge in [0.2, 0.25) is 5.91 Å². The Kier molecular flexibility index (Phi) is 12.6. The van der Waals surface area contributed by atoms with E-state index in [2.05, 4.69) is 46.9 Å². The van der Waals surface area contributed by atoms with Gasteiger partial charge >= 0.3 is 12.1 Å². The smallest absolute Gasteiger partial charge is 0.328 e. The summed E-state index contributed by atoms with van der Waals surface area (Å²) in [6, 6.07) is 17.0. The molecule has 4 aromatic rings. The highest BCUT2D eigenvalue weighted by molar-refractivity contribution is 6.35. The molecule has 1 atom stereocenters. The Balaban J connectivity index is 0.688. The Bertz CT molecular complexity index is 2350. The fraction of sp³-hybridized carbons (Fsp3) is 0.447. The second-order valence-corrected chi connectivity index (χ2v) is 18.7. The molecule has 7 heterocycles. The van der Waals surface area contributed by atoms with Gasteiger partial charge < -0.3 is 30.1 Å². The summed E-state index contributed by atoms with van der Waals surface area (Å²) in [5, 5.41) is 12.2. The van der Waals surface area contributed by atoms with E-state index in [-0.39, 0.29) is 29.1 Å². The maximum atomic E-state index is 13.7. The lowest BCUT2D eigenvalue weighted by molar-refractivity contribution is -0.120. The van der Waals surface area contributed by atoms with Crippen molar-refractivity contribution >= 4 is 69.8 Å². The molecule has 0 bridgehead atoms. The van der Waals surface area contributed by atoms with E-state index in [1.807, 2.05) is 31.2 Å². The Morgan fingerprint density at radius 1 is 0.859 bits per heavy atom. The van der Waals surface area contributed by atoms with Gasteiger partial charge in [0.05, 0.1) is 15.8 Å². The van der Waals surface area contributed by atoms with Crippen molar-refractivity contribution < 1.29 is 19.1 Å². The fourth-order valence-electron chi connectivity index (χ4n) is 9.90. The number of ether oxygens (including phenoxy) is 1. The maximum Gasteiger partial charge on any atom is 0.328 e. The number of nitrogens with one attached hydrogen (secondary N) is 2. The number of amides is 5. The molecule has 15 nitrogen and oxygen atoms in total. The van der Waals surface area contributed by atoms with E-state index in [0.717, 1.165) is 115 Å². The zero-order chi connectivity index (χ0) is 44.5. The van der Waals surface area contributed by atoms with Crippen molar-refractivity contribution in [2.45, 2.75) is 45.1 Å². The third-order valence-electron chi connectivity index (χ3n) is 13.8. The zero-order valence-electron chi connectivity index (χ0n) is 36.1. The van der Waals surface area contributed by atoms with E-state index in [1.54, 1.807) is 29.3 Å². The molecule has 1 spiro atoms. The number of hydrogen-bond donors (Lipinski definition) is 3. The van der Waals surface area contributed by atoms with Crippen molar-refractivity contribution in [1.29, 1.82) is 5.41 Å². The summed E-state index contributed by atoms with van der Waals surface area (Å²) >= 11 is 12.7. The van der Waals surface area contributed by atoms with Gasteiger partial charge in [0.25, 0.3) is 0 Å². The van der Waals surface area contributed by atoms with Crippen molar-refractivity contribution in [2.75, 3.05) is 99.0 Å². The van der Waals surface area contributed by atoms with Crippen LogP contribution in [0, 0.1) is 16.7 Å². The molecule has 9 rings (SSSR count). The number of benzene rings is 2. The number of halogens is 2. The van der Waals surface area contributed by atoms with Crippen molar-refractivity contribution in [3.8, 4) is 5.75 Å². The predicted molar refractivity (Wildman–Crippen MR) is 250 cm³/mol. The molecule has 2 aromatic carbocycles. The summed E-state index contributed by atoms with van der Waals surface area (Å²) in [5.74, 6) is 1.78. The van der Waals surface area contributed by atoms with Gasteiger partial charge in [0, 0.05) is 143 Å². The van der Waals surface area contributed by atoms with Crippen molar-refractivity contribution in [3.63, 3.8) is 0 Å². The Hall–Kier alpha value is -5.64. The number of nitrogens with two attached hydrogens (primary N) is 1. The molecule has 4 N–H and O–H groups in total. The van der Waals surface area contributed by atoms with Crippen LogP contribution in [-0.2, 0) is 4.79 Å². The molecule has 0 radical (unpaired) electrons. The SMILES string of the molecule is C[C@@H](Oc1ccc(N)c(C(=N)c2ccc(N3CC4(CCN(C(=O)N5CCC(CN6CCN(c7ccc(N8CCC(=O)NC8=O)cc7)CC6)CC5)CC4)C3)nc2)c1)c1c(Cl)cncc1Cl. The normalized spacial score (nSPS) is 20.0. The van der Waals surface area contributed by atoms with E-state index >= 15 is 0 Å². The number of aromatic nitrogens is 2. The van der Waals surface area contributed by atoms with Crippen molar-refractivity contribution in [2.24, 2.45) is 11.3 Å². The Morgan fingerprint density at radius 2 is 1.53 bits per heavy atom. The summed E-state index contributed by atoms with van der Waals surface area (Å²) < 4.78 is 6.17. The third kappa shape index (κ3) is 9.29. The quantitative estimate of drug-likeness (QED) is 0.112. The molecule has 5 aliphatic heterocycles. The molecule has 2 aromatic heterocycles. The van der Waals surface area contributed by atoms with Gasteiger partial charge in [-0.3, -0.25) is 30.3 Å². The molecule has 0 saturated carbocycles. The van der Waals surface area contributed by atoms with Crippen LogP contribution in [0.5, 0.6) is 5.75 Å². The number of piperazine rings is 1. The molecule has 64 heavy (non-hydrogen) atoms. The maximum absolute atomic E-state index is 13.7. The van der Waals surface area contributed by atoms with Crippen LogP contribution in [0.2, 0.25) is 10.0 Å². The standard InChI is InChI=1S/C47H55Cl2N11O4/c1-31(43-38(48)26-52-27-39(43)49)64-36-7-8-40(50)37(24-36)44(51)33-2-9-41(53-25-33)59-29-47(30-59)13-18-58(19-14-47)46(63)57-15-10-32(11-16-57)28-55-20-22-56(23-21-55)34-3-5-35(6-4-34)60-17-12-42(61)54-45(60)62/h2-9,24-27,31-32,51H,10-23,28-30,50H2,1H3,(H,54,61,62)/t31-/m1/s1. The highest BCUT2D eigenvalue weighted by Gasteiger charge is 2.46. The predicted octanol–water partition coefficient (Wildman–Crippen LogP) is 6.92. The average Bonchev–Trinajstić information content (AvgIpc) is 3.29. The zero-order valence-corrected chi connectivity index (χ0v) is 37.7. The highest BCUT2D eigenvalue weighted by atomic mass is 35.5. The number of likely N-dealkylation sites (tertiary alicyclic amines) is 2. The summed E-state index contributed by atoms with van der Waals surface area (Å²) in [6.07, 6.45) is 8.69. The van der Waals surface area contributed by atoms with Gasteiger partial charge in [-0.2, -0.15) is 0 Å². The van der Waals surface area contributed by atoms with Crippen molar-refractivity contribution in [1.82, 2.24) is 30.0 Å². The first-order valence-corrected chi connectivity index (χ1v) is 23.1. The minimum absolute atomic E-state index is 0.188. The number of nitrogens with zero attached hydrogens (tertiary/aromatic N) is 8. The van der Waals surface area contributed by atoms with Crippen LogP contribution in [-0.4, -0.2) is 127 Å². The second-order valence-electron chi connectivity index (χ2n) is 17.9. The number of imide groups is 1. The number of anilines is 4. The number of carbonyl (C=O) groups excluding carboxylic acids is 3. The summed E-state index contributed by atoms with van der Waals surface area (Å²) in [7, 11) is 0. The van der Waals surface area contributed by atoms with Crippen LogP contribution < -0.4 is 30.5 Å². The van der Waals surface area contributed by atoms with Gasteiger partial charge in [-0.15, -0.1) is 0 Å². The first-order chi connectivity index (χ1) is 30.9. The Labute approximate surface area is 383 Å². The third-order valence-corrected chi connectivity index (χ3v) is 14.4. The fourth-order valence-corrected chi connectivity index (χ4v) is 10.6. The lowest BCUT2D eigenvalue weighted by Gasteiger charge is -2.54. The highest BCUT2D eigenvalue weighted by Crippen LogP contribution is 2.43. The largest absolute Gasteiger partial charge is 0.486 e.